The molecule has 4 amide bonds. The van der Waals surface area contributed by atoms with Crippen molar-refractivity contribution >= 4 is 40.5 Å². The minimum absolute atomic E-state index is 0.00721. The number of esters is 1. The lowest BCUT2D eigenvalue weighted by atomic mass is 9.84. The van der Waals surface area contributed by atoms with Crippen LogP contribution in [-0.2, 0) is 52.8 Å². The molecule has 3 N–H and O–H groups in total. The van der Waals surface area contributed by atoms with Crippen molar-refractivity contribution < 1.29 is 33.4 Å². The number of aryl methyl sites for hydroxylation is 1. The lowest BCUT2D eigenvalue weighted by Gasteiger charge is -2.37. The zero-order valence-electron chi connectivity index (χ0n) is 39.7. The molecule has 8 rings (SSSR count). The number of hydrazine groups is 1. The maximum atomic E-state index is 14.7. The van der Waals surface area contributed by atoms with E-state index in [0.29, 0.717) is 58.4 Å². The number of ether oxygens (including phenoxy) is 2. The van der Waals surface area contributed by atoms with Gasteiger partial charge in [-0.2, -0.15) is 0 Å². The van der Waals surface area contributed by atoms with Gasteiger partial charge in [-0.15, -0.1) is 0 Å². The number of methoxy groups -OCH3 is 1. The van der Waals surface area contributed by atoms with Crippen molar-refractivity contribution in [3.05, 3.63) is 77.6 Å². The van der Waals surface area contributed by atoms with E-state index in [1.165, 1.54) is 9.91 Å². The summed E-state index contributed by atoms with van der Waals surface area (Å²) in [7, 11) is 3.32. The van der Waals surface area contributed by atoms with Crippen molar-refractivity contribution in [1.29, 1.82) is 0 Å². The summed E-state index contributed by atoms with van der Waals surface area (Å²) >= 11 is 0. The van der Waals surface area contributed by atoms with E-state index in [-0.39, 0.29) is 48.8 Å². The Balaban J connectivity index is 1.16. The third-order valence-electron chi connectivity index (χ3n) is 13.8. The summed E-state index contributed by atoms with van der Waals surface area (Å²) in [6, 6.07) is 15.8. The quantitative estimate of drug-likeness (QED) is 0.144. The average molecular weight is 903 g/mol. The monoisotopic (exact) mass is 903 g/mol. The molecule has 3 saturated heterocycles. The topological polar surface area (TPSA) is 177 Å². The second-order valence-electron chi connectivity index (χ2n) is 19.7. The second-order valence-corrected chi connectivity index (χ2v) is 19.7. The molecule has 2 aromatic heterocycles. The number of amides is 4. The Morgan fingerprint density at radius 1 is 1.03 bits per heavy atom. The third kappa shape index (κ3) is 9.61. The summed E-state index contributed by atoms with van der Waals surface area (Å²) in [4.78, 5) is 78.0. The molecule has 15 heteroatoms. The molecule has 4 aromatic rings. The van der Waals surface area contributed by atoms with Crippen LogP contribution in [0.25, 0.3) is 33.3 Å². The minimum atomic E-state index is -1.04. The zero-order valence-corrected chi connectivity index (χ0v) is 39.7. The van der Waals surface area contributed by atoms with E-state index in [9.17, 15) is 24.0 Å². The third-order valence-corrected chi connectivity index (χ3v) is 13.8. The molecule has 66 heavy (non-hydrogen) atoms. The highest BCUT2D eigenvalue weighted by atomic mass is 16.5. The summed E-state index contributed by atoms with van der Waals surface area (Å²) in [6.07, 6.45) is 3.84. The SMILES string of the molecule is CCn1c(-c2cccnc2[C@H](C)OC)c2c3cc(ccc31)-c1cccc(c1)C[C@H](NC(=O)[C@H](C(C)C)N(C)C(=O)[C@H]1CCN(C(=O)[C@H]3CN3)C1)C(=O)N1CCC[C@H](N1)C(=O)OCC(C)(C)C2. The molecule has 352 valence electrons. The van der Waals surface area contributed by atoms with Crippen LogP contribution in [0.1, 0.15) is 83.7 Å². The second kappa shape index (κ2) is 19.3. The number of carbonyl (C=O) groups excluding carboxylic acids is 5. The number of fused-ring (bicyclic) bond motifs is 6. The zero-order chi connectivity index (χ0) is 47.0. The van der Waals surface area contributed by atoms with E-state index in [0.717, 1.165) is 50.1 Å². The van der Waals surface area contributed by atoms with Crippen LogP contribution in [0.5, 0.6) is 0 Å². The molecule has 0 radical (unpaired) electrons. The molecular formula is C51H66N8O7. The van der Waals surface area contributed by atoms with Gasteiger partial charge < -0.3 is 34.5 Å². The number of nitrogens with zero attached hydrogens (tertiary/aromatic N) is 5. The van der Waals surface area contributed by atoms with Gasteiger partial charge in [0, 0.05) is 81.4 Å². The molecule has 2 aromatic carbocycles. The fraction of sp³-hybridized carbons (Fsp3) is 0.529. The van der Waals surface area contributed by atoms with E-state index >= 15 is 0 Å². The summed E-state index contributed by atoms with van der Waals surface area (Å²) < 4.78 is 14.3. The van der Waals surface area contributed by atoms with E-state index in [2.05, 4.69) is 77.8 Å². The number of aromatic nitrogens is 2. The number of nitrogens with one attached hydrogen (secondary N) is 3. The lowest BCUT2D eigenvalue weighted by Crippen LogP contribution is -2.62. The molecule has 0 unspecified atom stereocenters. The van der Waals surface area contributed by atoms with Crippen molar-refractivity contribution in [2.75, 3.05) is 46.9 Å². The molecule has 4 aliphatic rings. The van der Waals surface area contributed by atoms with Gasteiger partial charge >= 0.3 is 5.97 Å². The van der Waals surface area contributed by atoms with Gasteiger partial charge in [-0.3, -0.25) is 34.0 Å². The molecule has 4 aliphatic heterocycles. The molecule has 0 spiro atoms. The van der Waals surface area contributed by atoms with Crippen molar-refractivity contribution in [3.63, 3.8) is 0 Å². The van der Waals surface area contributed by atoms with Crippen molar-refractivity contribution in [2.24, 2.45) is 17.3 Å². The van der Waals surface area contributed by atoms with Crippen LogP contribution >= 0.6 is 0 Å². The van der Waals surface area contributed by atoms with E-state index < -0.39 is 41.3 Å². The number of cyclic esters (lactones) is 1. The summed E-state index contributed by atoms with van der Waals surface area (Å²) in [6.45, 7) is 14.8. The lowest BCUT2D eigenvalue weighted by molar-refractivity contribution is -0.155. The predicted octanol–water partition coefficient (Wildman–Crippen LogP) is 5.05. The van der Waals surface area contributed by atoms with Crippen LogP contribution in [0.3, 0.4) is 0 Å². The van der Waals surface area contributed by atoms with Crippen LogP contribution in [0.2, 0.25) is 0 Å². The molecular weight excluding hydrogens is 837 g/mol. The van der Waals surface area contributed by atoms with Gasteiger partial charge in [0.05, 0.1) is 36.1 Å². The molecule has 6 atom stereocenters. The molecule has 0 aliphatic carbocycles. The van der Waals surface area contributed by atoms with Crippen LogP contribution in [0, 0.1) is 17.3 Å². The first kappa shape index (κ1) is 46.9. The Hall–Kier alpha value is -5.64. The van der Waals surface area contributed by atoms with Gasteiger partial charge in [0.15, 0.2) is 0 Å². The van der Waals surface area contributed by atoms with Gasteiger partial charge in [-0.1, -0.05) is 58.0 Å². The molecule has 15 nitrogen and oxygen atoms in total. The van der Waals surface area contributed by atoms with Gasteiger partial charge in [0.1, 0.15) is 18.1 Å². The maximum Gasteiger partial charge on any atom is 0.324 e. The predicted molar refractivity (Wildman–Crippen MR) is 252 cm³/mol. The van der Waals surface area contributed by atoms with Crippen molar-refractivity contribution in [1.82, 2.24) is 40.4 Å². The number of benzene rings is 2. The first-order valence-electron chi connectivity index (χ1n) is 23.6. The number of carbonyl (C=O) groups is 5. The Labute approximate surface area is 387 Å². The Morgan fingerprint density at radius 3 is 2.53 bits per heavy atom. The first-order chi connectivity index (χ1) is 31.6. The van der Waals surface area contributed by atoms with Crippen LogP contribution < -0.4 is 16.1 Å². The largest absolute Gasteiger partial charge is 0.464 e. The summed E-state index contributed by atoms with van der Waals surface area (Å²) in [5.41, 5.74) is 10.5. The summed E-state index contributed by atoms with van der Waals surface area (Å²) in [5, 5.41) is 8.65. The highest BCUT2D eigenvalue weighted by molar-refractivity contribution is 5.96. The van der Waals surface area contributed by atoms with E-state index in [1.54, 1.807) is 25.3 Å². The van der Waals surface area contributed by atoms with Crippen LogP contribution in [0.4, 0.5) is 0 Å². The average Bonchev–Trinajstić information content (AvgIpc) is 3.97. The van der Waals surface area contributed by atoms with E-state index in [1.807, 2.05) is 39.0 Å². The minimum Gasteiger partial charge on any atom is -0.464 e. The van der Waals surface area contributed by atoms with Crippen LogP contribution in [-0.4, -0.2) is 125 Å². The Morgan fingerprint density at radius 2 is 1.80 bits per heavy atom. The van der Waals surface area contributed by atoms with Gasteiger partial charge in [0.25, 0.3) is 5.91 Å². The summed E-state index contributed by atoms with van der Waals surface area (Å²) in [5.74, 6) is -2.21. The highest BCUT2D eigenvalue weighted by Gasteiger charge is 2.42. The smallest absolute Gasteiger partial charge is 0.324 e. The Bertz CT molecular complexity index is 2500. The van der Waals surface area contributed by atoms with E-state index in [4.69, 9.17) is 14.5 Å². The van der Waals surface area contributed by atoms with Gasteiger partial charge in [-0.05, 0) is 92.0 Å². The molecule has 6 heterocycles. The number of hydrogen-bond donors (Lipinski definition) is 3. The van der Waals surface area contributed by atoms with Crippen molar-refractivity contribution in [2.45, 2.75) is 110 Å². The number of likely N-dealkylation sites (N-methyl/N-ethyl adjacent to an activating group) is 1. The standard InChI is InChI=1S/C51H66N8O7/c1-9-58-42-18-17-34-25-37(42)38(45(58)36-15-11-20-52-43(36)31(4)65-8)26-51(5,6)29-66-50(64)39-16-12-21-59(55-39)49(63)40(24-32-13-10-14-33(34)23-32)54-46(60)44(30(2)3)56(7)47(61)35-19-22-57(28-35)48(62)41-27-53-41/h10-11,13-15,17-18,20,23,25,30-31,35,39-41,44,53,55H,9,12,16,19,21-22,24,26-29H2,1-8H3,(H,54,60)/t31-,35-,39-,40-,41+,44-/m0/s1. The fourth-order valence-electron chi connectivity index (χ4n) is 10.2. The highest BCUT2D eigenvalue weighted by Crippen LogP contribution is 2.42. The molecule has 3 fully saturated rings. The molecule has 6 bridgehead atoms. The van der Waals surface area contributed by atoms with Gasteiger partial charge in [0.2, 0.25) is 17.7 Å². The number of pyridine rings is 1. The number of rotatable bonds is 10. The fourth-order valence-corrected chi connectivity index (χ4v) is 10.2. The first-order valence-corrected chi connectivity index (χ1v) is 23.6. The van der Waals surface area contributed by atoms with Crippen LogP contribution in [0.15, 0.2) is 60.8 Å². The Kier molecular flexibility index (Phi) is 13.7. The normalized spacial score (nSPS) is 23.0. The number of likely N-dealkylation sites (tertiary alicyclic amines) is 1. The van der Waals surface area contributed by atoms with Crippen molar-refractivity contribution in [3.8, 4) is 22.4 Å². The van der Waals surface area contributed by atoms with Gasteiger partial charge in [-0.25, -0.2) is 5.43 Å². The molecule has 0 saturated carbocycles. The maximum absolute atomic E-state index is 14.7. The number of hydrogen-bond acceptors (Lipinski definition) is 10.